The van der Waals surface area contributed by atoms with Crippen LogP contribution in [0.15, 0.2) is 24.5 Å². The van der Waals surface area contributed by atoms with Gasteiger partial charge in [-0.3, -0.25) is 15.2 Å². The highest BCUT2D eigenvalue weighted by Crippen LogP contribution is 2.32. The number of nitrogens with one attached hydrogen (secondary N) is 2. The maximum atomic E-state index is 4.95. The molecule has 3 rings (SSSR count). The van der Waals surface area contributed by atoms with Crippen molar-refractivity contribution >= 4 is 23.6 Å². The average molecular weight is 275 g/mol. The molecular formula is C11H9N5S2. The molecule has 90 valence electrons. The van der Waals surface area contributed by atoms with E-state index < -0.39 is 0 Å². The van der Waals surface area contributed by atoms with Crippen LogP contribution in [0.3, 0.4) is 0 Å². The quantitative estimate of drug-likeness (QED) is 0.705. The van der Waals surface area contributed by atoms with E-state index in [1.165, 1.54) is 0 Å². The molecule has 0 aliphatic heterocycles. The molecule has 0 aromatic carbocycles. The van der Waals surface area contributed by atoms with Crippen LogP contribution in [-0.2, 0) is 0 Å². The van der Waals surface area contributed by atoms with Gasteiger partial charge in [0, 0.05) is 18.0 Å². The van der Waals surface area contributed by atoms with Crippen LogP contribution in [-0.4, -0.2) is 25.1 Å². The number of pyridine rings is 1. The van der Waals surface area contributed by atoms with E-state index in [1.807, 2.05) is 19.1 Å². The third kappa shape index (κ3) is 1.98. The Morgan fingerprint density at radius 2 is 1.94 bits per heavy atom. The van der Waals surface area contributed by atoms with Gasteiger partial charge in [0.25, 0.3) is 0 Å². The zero-order valence-electron chi connectivity index (χ0n) is 9.47. The summed E-state index contributed by atoms with van der Waals surface area (Å²) in [6, 6.07) is 3.88. The maximum Gasteiger partial charge on any atom is 0.213 e. The molecule has 0 radical (unpaired) electrons. The third-order valence-corrected chi connectivity index (χ3v) is 3.85. The predicted octanol–water partition coefficient (Wildman–Crippen LogP) is 2.96. The molecular weight excluding hydrogens is 266 g/mol. The van der Waals surface area contributed by atoms with E-state index in [9.17, 15) is 0 Å². The van der Waals surface area contributed by atoms with Crippen molar-refractivity contribution in [1.82, 2.24) is 25.1 Å². The third-order valence-electron chi connectivity index (χ3n) is 2.44. The molecule has 3 aromatic heterocycles. The first-order valence-electron chi connectivity index (χ1n) is 5.27. The zero-order chi connectivity index (χ0) is 12.5. The fourth-order valence-electron chi connectivity index (χ4n) is 1.61. The molecule has 0 bridgehead atoms. The van der Waals surface area contributed by atoms with Gasteiger partial charge >= 0.3 is 0 Å². The minimum atomic E-state index is 0.447. The number of nitrogens with zero attached hydrogens (tertiary/aromatic N) is 3. The lowest BCUT2D eigenvalue weighted by Gasteiger charge is -1.92. The highest BCUT2D eigenvalue weighted by atomic mass is 32.1. The van der Waals surface area contributed by atoms with Gasteiger partial charge < -0.3 is 0 Å². The van der Waals surface area contributed by atoms with Crippen molar-refractivity contribution in [2.75, 3.05) is 0 Å². The van der Waals surface area contributed by atoms with Gasteiger partial charge in [0.15, 0.2) is 5.82 Å². The highest BCUT2D eigenvalue weighted by Gasteiger charge is 2.13. The Morgan fingerprint density at radius 1 is 1.17 bits per heavy atom. The number of aromatic amines is 2. The Morgan fingerprint density at radius 3 is 2.61 bits per heavy atom. The van der Waals surface area contributed by atoms with Gasteiger partial charge in [-0.2, -0.15) is 4.98 Å². The van der Waals surface area contributed by atoms with E-state index in [4.69, 9.17) is 12.2 Å². The molecule has 0 atom stereocenters. The van der Waals surface area contributed by atoms with E-state index in [-0.39, 0.29) is 0 Å². The van der Waals surface area contributed by atoms with Gasteiger partial charge in [0.1, 0.15) is 5.01 Å². The minimum absolute atomic E-state index is 0.447. The topological polar surface area (TPSA) is 70.2 Å². The average Bonchev–Trinajstić information content (AvgIpc) is 2.97. The van der Waals surface area contributed by atoms with E-state index in [0.29, 0.717) is 4.77 Å². The number of thiazole rings is 1. The molecule has 0 aliphatic carbocycles. The molecule has 0 unspecified atom stereocenters. The summed E-state index contributed by atoms with van der Waals surface area (Å²) in [5, 5.41) is 6.69. The van der Waals surface area contributed by atoms with Crippen molar-refractivity contribution in [3.63, 3.8) is 0 Å². The van der Waals surface area contributed by atoms with Crippen molar-refractivity contribution < 1.29 is 0 Å². The van der Waals surface area contributed by atoms with E-state index in [1.54, 1.807) is 23.7 Å². The maximum absolute atomic E-state index is 4.95. The number of aryl methyl sites for hydroxylation is 1. The molecule has 0 saturated carbocycles. The largest absolute Gasteiger partial charge is 0.281 e. The molecule has 2 N–H and O–H groups in total. The summed E-state index contributed by atoms with van der Waals surface area (Å²) in [6.45, 7) is 1.96. The van der Waals surface area contributed by atoms with Crippen LogP contribution in [0.4, 0.5) is 0 Å². The number of rotatable bonds is 2. The molecule has 0 spiro atoms. The molecule has 3 aromatic rings. The fraction of sp³-hybridized carbons (Fsp3) is 0.0909. The van der Waals surface area contributed by atoms with Crippen LogP contribution in [0, 0.1) is 11.7 Å². The summed E-state index contributed by atoms with van der Waals surface area (Å²) in [4.78, 5) is 13.8. The van der Waals surface area contributed by atoms with Crippen LogP contribution in [0.25, 0.3) is 21.3 Å². The van der Waals surface area contributed by atoms with E-state index in [0.717, 1.165) is 27.0 Å². The molecule has 0 fully saturated rings. The number of aromatic nitrogens is 5. The molecule has 0 amide bonds. The van der Waals surface area contributed by atoms with Gasteiger partial charge in [0.05, 0.1) is 10.6 Å². The lowest BCUT2D eigenvalue weighted by atomic mass is 10.3. The summed E-state index contributed by atoms with van der Waals surface area (Å²) in [6.07, 6.45) is 3.52. The van der Waals surface area contributed by atoms with Crippen molar-refractivity contribution in [2.24, 2.45) is 0 Å². The van der Waals surface area contributed by atoms with Crippen LogP contribution in [0.1, 0.15) is 5.69 Å². The van der Waals surface area contributed by atoms with Gasteiger partial charge in [0.2, 0.25) is 4.77 Å². The second-order valence-electron chi connectivity index (χ2n) is 3.69. The van der Waals surface area contributed by atoms with Crippen molar-refractivity contribution in [2.45, 2.75) is 6.92 Å². The normalized spacial score (nSPS) is 10.7. The number of hydrogen-bond donors (Lipinski definition) is 2. The second kappa shape index (κ2) is 4.43. The first kappa shape index (κ1) is 11.2. The van der Waals surface area contributed by atoms with Gasteiger partial charge in [-0.1, -0.05) is 0 Å². The SMILES string of the molecule is Cc1nc(-c2ccncc2)sc1-c1nc(=S)[nH][nH]1. The summed E-state index contributed by atoms with van der Waals surface area (Å²) in [7, 11) is 0. The summed E-state index contributed by atoms with van der Waals surface area (Å²) in [5.74, 6) is 0.732. The fourth-order valence-corrected chi connectivity index (χ4v) is 2.77. The van der Waals surface area contributed by atoms with Gasteiger partial charge in [-0.05, 0) is 31.3 Å². The summed E-state index contributed by atoms with van der Waals surface area (Å²) >= 11 is 6.53. The monoisotopic (exact) mass is 275 g/mol. The van der Waals surface area contributed by atoms with Crippen molar-refractivity contribution in [3.05, 3.63) is 35.0 Å². The molecule has 0 aliphatic rings. The van der Waals surface area contributed by atoms with Crippen LogP contribution < -0.4 is 0 Å². The smallest absolute Gasteiger partial charge is 0.213 e. The van der Waals surface area contributed by atoms with Crippen LogP contribution in [0.5, 0.6) is 0 Å². The highest BCUT2D eigenvalue weighted by molar-refractivity contribution is 7.71. The number of hydrogen-bond acceptors (Lipinski definition) is 5. The molecule has 0 saturated heterocycles. The first-order valence-corrected chi connectivity index (χ1v) is 6.49. The second-order valence-corrected chi connectivity index (χ2v) is 5.07. The lowest BCUT2D eigenvalue weighted by Crippen LogP contribution is -1.80. The van der Waals surface area contributed by atoms with Crippen LogP contribution >= 0.6 is 23.6 Å². The van der Waals surface area contributed by atoms with E-state index in [2.05, 4.69) is 25.1 Å². The summed E-state index contributed by atoms with van der Waals surface area (Å²) < 4.78 is 0.447. The molecule has 5 nitrogen and oxygen atoms in total. The molecule has 7 heteroatoms. The Balaban J connectivity index is 2.09. The Labute approximate surface area is 112 Å². The minimum Gasteiger partial charge on any atom is -0.281 e. The van der Waals surface area contributed by atoms with Crippen molar-refractivity contribution in [3.8, 4) is 21.3 Å². The lowest BCUT2D eigenvalue weighted by molar-refractivity contribution is 1.08. The van der Waals surface area contributed by atoms with Gasteiger partial charge in [-0.25, -0.2) is 4.98 Å². The molecule has 18 heavy (non-hydrogen) atoms. The Bertz CT molecular complexity index is 725. The number of H-pyrrole nitrogens is 2. The first-order chi connectivity index (χ1) is 8.74. The summed E-state index contributed by atoms with van der Waals surface area (Å²) in [5.41, 5.74) is 1.99. The van der Waals surface area contributed by atoms with Gasteiger partial charge in [-0.15, -0.1) is 11.3 Å². The Hall–Kier alpha value is -1.86. The van der Waals surface area contributed by atoms with E-state index >= 15 is 0 Å². The Kier molecular flexibility index (Phi) is 2.77. The predicted molar refractivity (Wildman–Crippen MR) is 72.8 cm³/mol. The van der Waals surface area contributed by atoms with Crippen LogP contribution in [0.2, 0.25) is 0 Å². The standard InChI is InChI=1S/C11H9N5S2/c1-6-8(9-14-11(17)16-15-9)18-10(13-6)7-2-4-12-5-3-7/h2-5H,1H3,(H2,14,15,16,17). The van der Waals surface area contributed by atoms with Crippen molar-refractivity contribution in [1.29, 1.82) is 0 Å². The molecule has 3 heterocycles. The zero-order valence-corrected chi connectivity index (χ0v) is 11.1.